The minimum Gasteiger partial charge on any atom is -0.321 e. The highest BCUT2D eigenvalue weighted by Crippen LogP contribution is 2.23. The molecule has 29 heavy (non-hydrogen) atoms. The Labute approximate surface area is 173 Å². The van der Waals surface area contributed by atoms with Crippen LogP contribution in [-0.4, -0.2) is 36.2 Å². The molecule has 0 aliphatic rings. The van der Waals surface area contributed by atoms with Crippen LogP contribution in [0.1, 0.15) is 27.9 Å². The highest BCUT2D eigenvalue weighted by molar-refractivity contribution is 9.10. The van der Waals surface area contributed by atoms with Crippen molar-refractivity contribution in [3.63, 3.8) is 0 Å². The number of nitrogens with one attached hydrogen (secondary N) is 2. The molecule has 9 nitrogen and oxygen atoms in total. The van der Waals surface area contributed by atoms with E-state index in [1.165, 1.54) is 4.52 Å². The number of rotatable bonds is 5. The van der Waals surface area contributed by atoms with Crippen molar-refractivity contribution in [3.05, 3.63) is 70.8 Å². The van der Waals surface area contributed by atoms with E-state index in [0.717, 1.165) is 0 Å². The monoisotopic (exact) mass is 453 g/mol. The normalized spacial score (nSPS) is 10.8. The second-order valence-electron chi connectivity index (χ2n) is 6.07. The number of amides is 2. The third-order valence-corrected chi connectivity index (χ3v) is 4.87. The van der Waals surface area contributed by atoms with E-state index in [-0.39, 0.29) is 11.4 Å². The molecule has 0 spiro atoms. The summed E-state index contributed by atoms with van der Waals surface area (Å²) in [6, 6.07) is 10.7. The second-order valence-corrected chi connectivity index (χ2v) is 6.86. The summed E-state index contributed by atoms with van der Waals surface area (Å²) in [5.41, 5.74) is 1.71. The van der Waals surface area contributed by atoms with Crippen LogP contribution in [0, 0.1) is 0 Å². The molecule has 0 bridgehead atoms. The smallest absolute Gasteiger partial charge is 0.278 e. The van der Waals surface area contributed by atoms with Gasteiger partial charge in [-0.3, -0.25) is 14.3 Å². The summed E-state index contributed by atoms with van der Waals surface area (Å²) in [6.07, 6.45) is 4.91. The van der Waals surface area contributed by atoms with Gasteiger partial charge in [0.15, 0.2) is 17.0 Å². The number of benzene rings is 1. The molecule has 146 valence electrons. The standard InChI is InChI=1S/C19H16BrN7O2/c1-2-26-11-13(15(24-26)18(28)22-12-7-4-3-5-8-12)23-19(29)16-14(20)17-21-9-6-10-27(17)25-16/h3-11H,2H2,1H3,(H,22,28)(H,23,29). The van der Waals surface area contributed by atoms with Crippen molar-refractivity contribution in [2.24, 2.45) is 0 Å². The number of anilines is 2. The topological polar surface area (TPSA) is 106 Å². The number of hydrogen-bond acceptors (Lipinski definition) is 5. The summed E-state index contributed by atoms with van der Waals surface area (Å²) in [7, 11) is 0. The number of fused-ring (bicyclic) bond motifs is 1. The molecule has 0 atom stereocenters. The largest absolute Gasteiger partial charge is 0.321 e. The molecule has 0 radical (unpaired) electrons. The minimum absolute atomic E-state index is 0.113. The Morgan fingerprint density at radius 3 is 2.52 bits per heavy atom. The van der Waals surface area contributed by atoms with Crippen LogP contribution in [-0.2, 0) is 6.54 Å². The van der Waals surface area contributed by atoms with Gasteiger partial charge < -0.3 is 10.6 Å². The molecule has 3 heterocycles. The predicted molar refractivity (Wildman–Crippen MR) is 111 cm³/mol. The Bertz CT molecular complexity index is 1200. The molecule has 0 aliphatic carbocycles. The number of carbonyl (C=O) groups is 2. The van der Waals surface area contributed by atoms with E-state index in [9.17, 15) is 9.59 Å². The summed E-state index contributed by atoms with van der Waals surface area (Å²) in [5, 5.41) is 14.0. The molecule has 1 aromatic carbocycles. The van der Waals surface area contributed by atoms with Crippen molar-refractivity contribution in [3.8, 4) is 0 Å². The van der Waals surface area contributed by atoms with Gasteiger partial charge in [0.2, 0.25) is 0 Å². The summed E-state index contributed by atoms with van der Waals surface area (Å²) in [4.78, 5) is 29.7. The summed E-state index contributed by atoms with van der Waals surface area (Å²) in [6.45, 7) is 2.44. The Morgan fingerprint density at radius 1 is 1.03 bits per heavy atom. The maximum Gasteiger partial charge on any atom is 0.278 e. The molecule has 0 fully saturated rings. The van der Waals surface area contributed by atoms with Crippen molar-refractivity contribution in [2.45, 2.75) is 13.5 Å². The SMILES string of the molecule is CCn1cc(NC(=O)c2nn3cccnc3c2Br)c(C(=O)Nc2ccccc2)n1. The lowest BCUT2D eigenvalue weighted by Gasteiger charge is -2.05. The van der Waals surface area contributed by atoms with Crippen LogP contribution in [0.15, 0.2) is 59.5 Å². The molecule has 4 rings (SSSR count). The van der Waals surface area contributed by atoms with Crippen LogP contribution >= 0.6 is 15.9 Å². The van der Waals surface area contributed by atoms with Crippen LogP contribution in [0.3, 0.4) is 0 Å². The Balaban J connectivity index is 1.62. The quantitative estimate of drug-likeness (QED) is 0.482. The number of carbonyl (C=O) groups excluding carboxylic acids is 2. The highest BCUT2D eigenvalue weighted by Gasteiger charge is 2.23. The molecule has 10 heteroatoms. The van der Waals surface area contributed by atoms with Crippen LogP contribution < -0.4 is 10.6 Å². The van der Waals surface area contributed by atoms with E-state index < -0.39 is 11.8 Å². The zero-order valence-corrected chi connectivity index (χ0v) is 16.9. The lowest BCUT2D eigenvalue weighted by Crippen LogP contribution is -2.18. The molecular weight excluding hydrogens is 438 g/mol. The van der Waals surface area contributed by atoms with Gasteiger partial charge in [-0.25, -0.2) is 9.50 Å². The van der Waals surface area contributed by atoms with Crippen LogP contribution in [0.2, 0.25) is 0 Å². The summed E-state index contributed by atoms with van der Waals surface area (Å²) in [5.74, 6) is -0.902. The van der Waals surface area contributed by atoms with E-state index in [0.29, 0.717) is 28.0 Å². The number of hydrogen-bond donors (Lipinski definition) is 2. The molecule has 2 amide bonds. The molecule has 0 saturated heterocycles. The fraction of sp³-hybridized carbons (Fsp3) is 0.105. The van der Waals surface area contributed by atoms with E-state index in [4.69, 9.17) is 0 Å². The number of nitrogens with zero attached hydrogens (tertiary/aromatic N) is 5. The van der Waals surface area contributed by atoms with E-state index in [1.807, 2.05) is 25.1 Å². The van der Waals surface area contributed by atoms with Crippen molar-refractivity contribution in [2.75, 3.05) is 10.6 Å². The zero-order chi connectivity index (χ0) is 20.4. The first-order chi connectivity index (χ1) is 14.1. The van der Waals surface area contributed by atoms with Gasteiger partial charge in [-0.2, -0.15) is 10.2 Å². The van der Waals surface area contributed by atoms with Crippen LogP contribution in [0.25, 0.3) is 5.65 Å². The summed E-state index contributed by atoms with van der Waals surface area (Å²) >= 11 is 3.37. The van der Waals surface area contributed by atoms with Gasteiger partial charge in [0, 0.05) is 30.8 Å². The average molecular weight is 454 g/mol. The average Bonchev–Trinajstić information content (AvgIpc) is 3.30. The molecule has 3 aromatic heterocycles. The first kappa shape index (κ1) is 18.8. The van der Waals surface area contributed by atoms with Gasteiger partial charge in [0.05, 0.1) is 10.2 Å². The first-order valence-electron chi connectivity index (χ1n) is 8.81. The highest BCUT2D eigenvalue weighted by atomic mass is 79.9. The Kier molecular flexibility index (Phi) is 5.09. The van der Waals surface area contributed by atoms with Crippen molar-refractivity contribution in [1.82, 2.24) is 24.4 Å². The lowest BCUT2D eigenvalue weighted by atomic mass is 10.3. The molecule has 0 saturated carbocycles. The molecule has 0 unspecified atom stereocenters. The summed E-state index contributed by atoms with van der Waals surface area (Å²) < 4.78 is 3.54. The van der Waals surface area contributed by atoms with Gasteiger partial charge in [-0.15, -0.1) is 0 Å². The van der Waals surface area contributed by atoms with Crippen LogP contribution in [0.4, 0.5) is 11.4 Å². The lowest BCUT2D eigenvalue weighted by molar-refractivity contribution is 0.102. The van der Waals surface area contributed by atoms with Gasteiger partial charge in [0.1, 0.15) is 0 Å². The zero-order valence-electron chi connectivity index (χ0n) is 15.3. The third kappa shape index (κ3) is 3.74. The number of para-hydroxylation sites is 1. The van der Waals surface area contributed by atoms with E-state index in [2.05, 4.69) is 41.7 Å². The fourth-order valence-corrected chi connectivity index (χ4v) is 3.28. The van der Waals surface area contributed by atoms with Crippen molar-refractivity contribution >= 4 is 44.8 Å². The Hall–Kier alpha value is -3.53. The van der Waals surface area contributed by atoms with Crippen LogP contribution in [0.5, 0.6) is 0 Å². The maximum absolute atomic E-state index is 12.8. The maximum atomic E-state index is 12.8. The van der Waals surface area contributed by atoms with Crippen molar-refractivity contribution < 1.29 is 9.59 Å². The second kappa shape index (κ2) is 7.84. The number of halogens is 1. The minimum atomic E-state index is -0.480. The molecule has 2 N–H and O–H groups in total. The van der Waals surface area contributed by atoms with Gasteiger partial charge >= 0.3 is 0 Å². The van der Waals surface area contributed by atoms with Gasteiger partial charge in [0.25, 0.3) is 11.8 Å². The van der Waals surface area contributed by atoms with Gasteiger partial charge in [-0.1, -0.05) is 18.2 Å². The Morgan fingerprint density at radius 2 is 1.79 bits per heavy atom. The first-order valence-corrected chi connectivity index (χ1v) is 9.60. The van der Waals surface area contributed by atoms with E-state index >= 15 is 0 Å². The predicted octanol–water partition coefficient (Wildman–Crippen LogP) is 3.21. The molecular formula is C19H16BrN7O2. The van der Waals surface area contributed by atoms with E-state index in [1.54, 1.807) is 41.5 Å². The van der Waals surface area contributed by atoms with Crippen molar-refractivity contribution in [1.29, 1.82) is 0 Å². The molecule has 0 aliphatic heterocycles. The van der Waals surface area contributed by atoms with Gasteiger partial charge in [-0.05, 0) is 41.1 Å². The molecule has 4 aromatic rings. The number of aryl methyl sites for hydroxylation is 1. The fourth-order valence-electron chi connectivity index (χ4n) is 2.74. The third-order valence-electron chi connectivity index (χ3n) is 4.13. The number of aromatic nitrogens is 5.